The molecular weight excluding hydrogens is 917 g/mol. The second kappa shape index (κ2) is 15.4. The molecule has 0 N–H and O–H groups in total. The van der Waals surface area contributed by atoms with E-state index in [1.54, 1.807) is 0 Å². The zero-order valence-corrected chi connectivity index (χ0v) is 41.5. The van der Waals surface area contributed by atoms with Crippen LogP contribution in [-0.2, 0) is 10.8 Å². The van der Waals surface area contributed by atoms with Gasteiger partial charge in [0.2, 0.25) is 0 Å². The maximum absolute atomic E-state index is 2.61. The topological polar surface area (TPSA) is 8.17 Å². The molecule has 0 fully saturated rings. The molecule has 2 heteroatoms. The SMILES string of the molecule is c1ccc(-c2ccccc2-c2ccccc2N(c2ccc3c(c2)C2(c4ccccc4-c4ccccc42)c2ccccc2-3)c2cccc3c2-c2ccccc2C32c3ccccc3-n3c4ccccc4c4cccc2c43)cc1. The van der Waals surface area contributed by atoms with Gasteiger partial charge in [0.25, 0.3) is 0 Å². The Kier molecular flexibility index (Phi) is 8.44. The van der Waals surface area contributed by atoms with Crippen LogP contribution in [0.3, 0.4) is 0 Å². The number of hydrogen-bond acceptors (Lipinski definition) is 1. The molecule has 76 heavy (non-hydrogen) atoms. The van der Waals surface area contributed by atoms with Crippen LogP contribution in [0.15, 0.2) is 279 Å². The summed E-state index contributed by atoms with van der Waals surface area (Å²) in [4.78, 5) is 2.61. The van der Waals surface area contributed by atoms with Crippen molar-refractivity contribution in [2.24, 2.45) is 0 Å². The number of fused-ring (bicyclic) bond motifs is 22. The summed E-state index contributed by atoms with van der Waals surface area (Å²) in [6.07, 6.45) is 0. The van der Waals surface area contributed by atoms with Crippen molar-refractivity contribution in [3.05, 3.63) is 324 Å². The van der Waals surface area contributed by atoms with E-state index >= 15 is 0 Å². The largest absolute Gasteiger partial charge is 0.309 e. The summed E-state index contributed by atoms with van der Waals surface area (Å²) in [6, 6.07) is 105. The van der Waals surface area contributed by atoms with Crippen LogP contribution in [0.4, 0.5) is 17.1 Å². The number of para-hydroxylation sites is 4. The monoisotopic (exact) mass is 962 g/mol. The average Bonchev–Trinajstić information content (AvgIpc) is 4.39. The van der Waals surface area contributed by atoms with E-state index < -0.39 is 10.8 Å². The summed E-state index contributed by atoms with van der Waals surface area (Å²) in [7, 11) is 0. The number of benzene rings is 12. The van der Waals surface area contributed by atoms with Gasteiger partial charge in [-0.05, 0) is 125 Å². The number of hydrogen-bond donors (Lipinski definition) is 0. The standard InChI is InChI=1S/C74H46N2/c1-2-22-47(23-3-1)49-24-4-5-25-50(49)55-29-10-17-40-67(55)75(48-44-45-54-53-28-8-14-35-61(53)73(66(54)46-48)59-33-12-6-26-51(59)52-27-7-13-34-60(52)73)70-43-21-38-64-71(70)58-31-9-15-36-62(58)74(64)63-37-16-19-42-69(63)76-68-41-18-11-30-56(68)57-32-20-39-65(74)72(57)76/h1-46H. The smallest absolute Gasteiger partial charge is 0.0755 e. The van der Waals surface area contributed by atoms with E-state index in [0.29, 0.717) is 0 Å². The number of rotatable bonds is 5. The van der Waals surface area contributed by atoms with Gasteiger partial charge in [0.15, 0.2) is 0 Å². The van der Waals surface area contributed by atoms with Crippen LogP contribution >= 0.6 is 0 Å². The molecule has 0 bridgehead atoms. The lowest BCUT2D eigenvalue weighted by Crippen LogP contribution is -2.33. The molecule has 4 aliphatic rings. The first-order chi connectivity index (χ1) is 37.8. The zero-order chi connectivity index (χ0) is 49.7. The van der Waals surface area contributed by atoms with E-state index in [-0.39, 0.29) is 0 Å². The predicted octanol–water partition coefficient (Wildman–Crippen LogP) is 18.6. The Bertz CT molecular complexity index is 4550. The minimum atomic E-state index is -0.617. The number of anilines is 3. The molecule has 17 rings (SSSR count). The molecule has 0 saturated carbocycles. The maximum Gasteiger partial charge on any atom is 0.0755 e. The van der Waals surface area contributed by atoms with Gasteiger partial charge >= 0.3 is 0 Å². The highest BCUT2D eigenvalue weighted by atomic mass is 15.1. The lowest BCUT2D eigenvalue weighted by molar-refractivity contribution is 0.748. The van der Waals surface area contributed by atoms with Crippen LogP contribution in [0.25, 0.3) is 83.1 Å². The average molecular weight is 963 g/mol. The quantitative estimate of drug-likeness (QED) is 0.167. The third kappa shape index (κ3) is 5.16. The molecular formula is C74H46N2. The molecule has 12 aromatic carbocycles. The van der Waals surface area contributed by atoms with Crippen molar-refractivity contribution in [3.8, 4) is 61.3 Å². The molecule has 13 aromatic rings. The summed E-state index contributed by atoms with van der Waals surface area (Å²) in [5.74, 6) is 0. The molecule has 3 aliphatic carbocycles. The molecule has 0 amide bonds. The number of aromatic nitrogens is 1. The van der Waals surface area contributed by atoms with Crippen molar-refractivity contribution in [2.75, 3.05) is 4.90 Å². The third-order valence-corrected chi connectivity index (χ3v) is 17.6. The second-order valence-electron chi connectivity index (χ2n) is 20.9. The molecule has 2 nitrogen and oxygen atoms in total. The van der Waals surface area contributed by atoms with Gasteiger partial charge in [-0.15, -0.1) is 0 Å². The Hall–Kier alpha value is -9.76. The molecule has 1 unspecified atom stereocenters. The van der Waals surface area contributed by atoms with Crippen LogP contribution in [0, 0.1) is 0 Å². The van der Waals surface area contributed by atoms with Crippen LogP contribution in [0.1, 0.15) is 44.5 Å². The molecule has 1 aliphatic heterocycles. The van der Waals surface area contributed by atoms with Crippen molar-refractivity contribution in [1.29, 1.82) is 0 Å². The minimum Gasteiger partial charge on any atom is -0.309 e. The first-order valence-electron chi connectivity index (χ1n) is 26.6. The molecule has 352 valence electrons. The fourth-order valence-corrected chi connectivity index (χ4v) is 14.9. The zero-order valence-electron chi connectivity index (χ0n) is 41.5. The van der Waals surface area contributed by atoms with Crippen molar-refractivity contribution >= 4 is 38.9 Å². The van der Waals surface area contributed by atoms with Gasteiger partial charge in [0, 0.05) is 27.6 Å². The van der Waals surface area contributed by atoms with Gasteiger partial charge < -0.3 is 9.47 Å². The Balaban J connectivity index is 0.992. The molecule has 1 aromatic heterocycles. The summed E-state index contributed by atoms with van der Waals surface area (Å²) < 4.78 is 2.54. The molecule has 2 spiro atoms. The third-order valence-electron chi connectivity index (χ3n) is 17.6. The first-order valence-corrected chi connectivity index (χ1v) is 26.6. The van der Waals surface area contributed by atoms with Crippen LogP contribution in [0.5, 0.6) is 0 Å². The Labute approximate surface area is 441 Å². The molecule has 1 atom stereocenters. The van der Waals surface area contributed by atoms with Gasteiger partial charge in [-0.3, -0.25) is 0 Å². The fourth-order valence-electron chi connectivity index (χ4n) is 14.9. The van der Waals surface area contributed by atoms with Crippen molar-refractivity contribution in [1.82, 2.24) is 4.57 Å². The molecule has 0 saturated heterocycles. The van der Waals surface area contributed by atoms with Gasteiger partial charge in [0.1, 0.15) is 0 Å². The summed E-state index contributed by atoms with van der Waals surface area (Å²) >= 11 is 0. The number of nitrogens with zero attached hydrogens (tertiary/aromatic N) is 2. The highest BCUT2D eigenvalue weighted by Gasteiger charge is 2.54. The van der Waals surface area contributed by atoms with E-state index in [2.05, 4.69) is 289 Å². The highest BCUT2D eigenvalue weighted by Crippen LogP contribution is 2.66. The van der Waals surface area contributed by atoms with Crippen LogP contribution in [0.2, 0.25) is 0 Å². The molecule has 0 radical (unpaired) electrons. The lowest BCUT2D eigenvalue weighted by atomic mass is 9.65. The van der Waals surface area contributed by atoms with Gasteiger partial charge in [-0.25, -0.2) is 0 Å². The van der Waals surface area contributed by atoms with E-state index in [4.69, 9.17) is 0 Å². The van der Waals surface area contributed by atoms with E-state index in [1.807, 2.05) is 0 Å². The predicted molar refractivity (Wildman–Crippen MR) is 313 cm³/mol. The van der Waals surface area contributed by atoms with Crippen LogP contribution < -0.4 is 4.90 Å². The minimum absolute atomic E-state index is 0.515. The summed E-state index contributed by atoms with van der Waals surface area (Å²) in [5.41, 5.74) is 28.9. The Morgan fingerprint density at radius 3 is 1.47 bits per heavy atom. The Morgan fingerprint density at radius 1 is 0.276 bits per heavy atom. The normalized spacial score (nSPS) is 15.3. The summed E-state index contributed by atoms with van der Waals surface area (Å²) in [6.45, 7) is 0. The van der Waals surface area contributed by atoms with Crippen molar-refractivity contribution < 1.29 is 0 Å². The maximum atomic E-state index is 2.61. The highest BCUT2D eigenvalue weighted by molar-refractivity contribution is 6.13. The van der Waals surface area contributed by atoms with Crippen molar-refractivity contribution in [2.45, 2.75) is 10.8 Å². The fraction of sp³-hybridized carbons (Fsp3) is 0.0270. The van der Waals surface area contributed by atoms with E-state index in [1.165, 1.54) is 122 Å². The first kappa shape index (κ1) is 41.7. The summed E-state index contributed by atoms with van der Waals surface area (Å²) in [5, 5.41) is 2.55. The van der Waals surface area contributed by atoms with E-state index in [0.717, 1.165) is 22.6 Å². The van der Waals surface area contributed by atoms with Crippen molar-refractivity contribution in [3.63, 3.8) is 0 Å². The van der Waals surface area contributed by atoms with Crippen LogP contribution in [-0.4, -0.2) is 4.57 Å². The lowest BCUT2D eigenvalue weighted by Gasteiger charge is -2.39. The van der Waals surface area contributed by atoms with Gasteiger partial charge in [0.05, 0.1) is 38.9 Å². The molecule has 2 heterocycles. The Morgan fingerprint density at radius 2 is 0.750 bits per heavy atom. The van der Waals surface area contributed by atoms with Gasteiger partial charge in [-0.1, -0.05) is 243 Å². The second-order valence-corrected chi connectivity index (χ2v) is 20.9. The van der Waals surface area contributed by atoms with E-state index in [9.17, 15) is 0 Å². The van der Waals surface area contributed by atoms with Gasteiger partial charge in [-0.2, -0.15) is 0 Å².